The van der Waals surface area contributed by atoms with E-state index in [1.54, 1.807) is 23.8 Å². The van der Waals surface area contributed by atoms with E-state index in [-0.39, 0.29) is 11.2 Å². The number of methoxy groups -OCH3 is 1. The van der Waals surface area contributed by atoms with Crippen molar-refractivity contribution in [2.24, 2.45) is 0 Å². The summed E-state index contributed by atoms with van der Waals surface area (Å²) in [5.74, 6) is 1.83. The maximum absolute atomic E-state index is 12.5. The van der Waals surface area contributed by atoms with E-state index < -0.39 is 0 Å². The molecule has 0 fully saturated rings. The molecule has 4 heteroatoms. The zero-order valence-corrected chi connectivity index (χ0v) is 14.7. The lowest BCUT2D eigenvalue weighted by Gasteiger charge is -2.21. The molecule has 0 spiro atoms. The third-order valence-electron chi connectivity index (χ3n) is 3.65. The highest BCUT2D eigenvalue weighted by atomic mass is 32.2. The molecule has 3 nitrogen and oxygen atoms in total. The molecule has 23 heavy (non-hydrogen) atoms. The molecule has 1 atom stereocenters. The third kappa shape index (κ3) is 5.32. The number of rotatable bonds is 7. The van der Waals surface area contributed by atoms with Gasteiger partial charge >= 0.3 is 0 Å². The maximum atomic E-state index is 12.5. The molecule has 0 heterocycles. The smallest absolute Gasteiger partial charge is 0.235 e. The molecule has 2 aromatic carbocycles. The molecule has 0 aliphatic carbocycles. The first kappa shape index (κ1) is 17.4. The van der Waals surface area contributed by atoms with Crippen LogP contribution in [0.5, 0.6) is 5.75 Å². The summed E-state index contributed by atoms with van der Waals surface area (Å²) in [6.45, 7) is 2.58. The standard InChI is InChI=1S/C19H23NO2S/c1-15(23-14-17-7-5-4-6-8-17)19(21)20(2)13-16-9-11-18(22-3)12-10-16/h4-12,15H,13-14H2,1-3H3. The van der Waals surface area contributed by atoms with E-state index in [1.807, 2.05) is 56.4 Å². The van der Waals surface area contributed by atoms with E-state index in [0.29, 0.717) is 6.54 Å². The van der Waals surface area contributed by atoms with Gasteiger partial charge in [0.05, 0.1) is 12.4 Å². The summed E-state index contributed by atoms with van der Waals surface area (Å²) in [7, 11) is 3.50. The summed E-state index contributed by atoms with van der Waals surface area (Å²) in [5, 5.41) is -0.0570. The minimum absolute atomic E-state index is 0.0570. The Bertz CT molecular complexity index is 613. The Hall–Kier alpha value is -1.94. The summed E-state index contributed by atoms with van der Waals surface area (Å²) in [4.78, 5) is 14.3. The minimum Gasteiger partial charge on any atom is -0.497 e. The van der Waals surface area contributed by atoms with Gasteiger partial charge in [-0.2, -0.15) is 0 Å². The van der Waals surface area contributed by atoms with Crippen molar-refractivity contribution in [2.75, 3.05) is 14.2 Å². The van der Waals surface area contributed by atoms with Gasteiger partial charge in [-0.3, -0.25) is 4.79 Å². The van der Waals surface area contributed by atoms with Gasteiger partial charge in [0.25, 0.3) is 0 Å². The lowest BCUT2D eigenvalue weighted by Crippen LogP contribution is -2.32. The summed E-state index contributed by atoms with van der Waals surface area (Å²) >= 11 is 1.67. The van der Waals surface area contributed by atoms with Crippen molar-refractivity contribution < 1.29 is 9.53 Å². The lowest BCUT2D eigenvalue weighted by molar-refractivity contribution is -0.129. The van der Waals surface area contributed by atoms with Gasteiger partial charge in [0.2, 0.25) is 5.91 Å². The van der Waals surface area contributed by atoms with E-state index in [2.05, 4.69) is 12.1 Å². The molecule has 1 amide bonds. The molecule has 2 aromatic rings. The Labute approximate surface area is 142 Å². The first-order valence-corrected chi connectivity index (χ1v) is 8.68. The van der Waals surface area contributed by atoms with E-state index in [9.17, 15) is 4.79 Å². The molecule has 0 aliphatic rings. The Kier molecular flexibility index (Phi) is 6.53. The average molecular weight is 329 g/mol. The van der Waals surface area contributed by atoms with Gasteiger partial charge < -0.3 is 9.64 Å². The molecule has 1 unspecified atom stereocenters. The van der Waals surface area contributed by atoms with E-state index in [4.69, 9.17) is 4.74 Å². The van der Waals surface area contributed by atoms with Gasteiger partial charge in [-0.05, 0) is 30.2 Å². The van der Waals surface area contributed by atoms with Gasteiger partial charge in [0.1, 0.15) is 5.75 Å². The Balaban J connectivity index is 1.85. The summed E-state index contributed by atoms with van der Waals surface area (Å²) < 4.78 is 5.15. The maximum Gasteiger partial charge on any atom is 0.235 e. The molecule has 0 N–H and O–H groups in total. The fraction of sp³-hybridized carbons (Fsp3) is 0.316. The number of ether oxygens (including phenoxy) is 1. The van der Waals surface area contributed by atoms with Crippen molar-refractivity contribution in [3.05, 3.63) is 65.7 Å². The van der Waals surface area contributed by atoms with Crippen LogP contribution in [0.1, 0.15) is 18.1 Å². The number of nitrogens with zero attached hydrogens (tertiary/aromatic N) is 1. The molecule has 122 valence electrons. The molecular formula is C19H23NO2S. The van der Waals surface area contributed by atoms with Crippen molar-refractivity contribution in [2.45, 2.75) is 24.5 Å². The van der Waals surface area contributed by atoms with Crippen LogP contribution in [0.4, 0.5) is 0 Å². The fourth-order valence-electron chi connectivity index (χ4n) is 2.26. The predicted molar refractivity (Wildman–Crippen MR) is 96.7 cm³/mol. The molecular weight excluding hydrogens is 306 g/mol. The molecule has 0 radical (unpaired) electrons. The number of amides is 1. The highest BCUT2D eigenvalue weighted by Gasteiger charge is 2.18. The number of benzene rings is 2. The van der Waals surface area contributed by atoms with Crippen LogP contribution in [-0.2, 0) is 17.1 Å². The van der Waals surface area contributed by atoms with Crippen LogP contribution in [0.2, 0.25) is 0 Å². The second kappa shape index (κ2) is 8.63. The van der Waals surface area contributed by atoms with Gasteiger partial charge in [0.15, 0.2) is 0 Å². The number of carbonyl (C=O) groups excluding carboxylic acids is 1. The average Bonchev–Trinajstić information content (AvgIpc) is 2.60. The number of hydrogen-bond donors (Lipinski definition) is 0. The molecule has 0 aromatic heterocycles. The second-order valence-corrected chi connectivity index (χ2v) is 6.81. The van der Waals surface area contributed by atoms with E-state index >= 15 is 0 Å². The Morgan fingerprint density at radius 1 is 1.09 bits per heavy atom. The van der Waals surface area contributed by atoms with Crippen LogP contribution in [0.25, 0.3) is 0 Å². The van der Waals surface area contributed by atoms with E-state index in [1.165, 1.54) is 5.56 Å². The molecule has 0 saturated carbocycles. The van der Waals surface area contributed by atoms with Gasteiger partial charge in [0, 0.05) is 19.3 Å². The number of hydrogen-bond acceptors (Lipinski definition) is 3. The second-order valence-electron chi connectivity index (χ2n) is 5.48. The monoisotopic (exact) mass is 329 g/mol. The quantitative estimate of drug-likeness (QED) is 0.769. The van der Waals surface area contributed by atoms with Crippen molar-refractivity contribution in [3.8, 4) is 5.75 Å². The van der Waals surface area contributed by atoms with Crippen LogP contribution in [0.15, 0.2) is 54.6 Å². The molecule has 0 saturated heterocycles. The fourth-order valence-corrected chi connectivity index (χ4v) is 3.22. The zero-order chi connectivity index (χ0) is 16.7. The largest absolute Gasteiger partial charge is 0.497 e. The SMILES string of the molecule is COc1ccc(CN(C)C(=O)C(C)SCc2ccccc2)cc1. The highest BCUT2D eigenvalue weighted by molar-refractivity contribution is 7.99. The first-order chi connectivity index (χ1) is 11.1. The molecule has 0 aliphatic heterocycles. The molecule has 2 rings (SSSR count). The number of carbonyl (C=O) groups is 1. The van der Waals surface area contributed by atoms with Gasteiger partial charge in [-0.1, -0.05) is 42.5 Å². The van der Waals surface area contributed by atoms with Crippen LogP contribution in [0, 0.1) is 0 Å². The number of thioether (sulfide) groups is 1. The topological polar surface area (TPSA) is 29.5 Å². The van der Waals surface area contributed by atoms with Crippen LogP contribution in [-0.4, -0.2) is 30.2 Å². The normalized spacial score (nSPS) is 11.8. The summed E-state index contributed by atoms with van der Waals surface area (Å²) in [6, 6.07) is 18.1. The summed E-state index contributed by atoms with van der Waals surface area (Å²) in [5.41, 5.74) is 2.34. The van der Waals surface area contributed by atoms with Crippen molar-refractivity contribution >= 4 is 17.7 Å². The van der Waals surface area contributed by atoms with Crippen molar-refractivity contribution in [1.82, 2.24) is 4.90 Å². The highest BCUT2D eigenvalue weighted by Crippen LogP contribution is 2.20. The van der Waals surface area contributed by atoms with Crippen molar-refractivity contribution in [1.29, 1.82) is 0 Å². The van der Waals surface area contributed by atoms with Crippen molar-refractivity contribution in [3.63, 3.8) is 0 Å². The Morgan fingerprint density at radius 2 is 1.74 bits per heavy atom. The minimum atomic E-state index is -0.0570. The zero-order valence-electron chi connectivity index (χ0n) is 13.9. The lowest BCUT2D eigenvalue weighted by atomic mass is 10.2. The van der Waals surface area contributed by atoms with Gasteiger partial charge in [-0.15, -0.1) is 11.8 Å². The van der Waals surface area contributed by atoms with Gasteiger partial charge in [-0.25, -0.2) is 0 Å². The predicted octanol–water partition coefficient (Wildman–Crippen LogP) is 3.98. The van der Waals surface area contributed by atoms with Crippen LogP contribution >= 0.6 is 11.8 Å². The van der Waals surface area contributed by atoms with E-state index in [0.717, 1.165) is 17.1 Å². The third-order valence-corrected chi connectivity index (χ3v) is 4.85. The molecule has 0 bridgehead atoms. The summed E-state index contributed by atoms with van der Waals surface area (Å²) in [6.07, 6.45) is 0. The van der Waals surface area contributed by atoms with Crippen LogP contribution in [0.3, 0.4) is 0 Å². The van der Waals surface area contributed by atoms with Crippen LogP contribution < -0.4 is 4.74 Å². The first-order valence-electron chi connectivity index (χ1n) is 7.63. The Morgan fingerprint density at radius 3 is 2.35 bits per heavy atom.